The van der Waals surface area contributed by atoms with Gasteiger partial charge in [0.15, 0.2) is 0 Å². The minimum Gasteiger partial charge on any atom is -0.320 e. The third kappa shape index (κ3) is 2.42. The van der Waals surface area contributed by atoms with Crippen molar-refractivity contribution in [3.05, 3.63) is 34.2 Å². The van der Waals surface area contributed by atoms with Gasteiger partial charge in [0, 0.05) is 9.92 Å². The van der Waals surface area contributed by atoms with Gasteiger partial charge in [0.05, 0.1) is 10.6 Å². The van der Waals surface area contributed by atoms with Gasteiger partial charge in [0.2, 0.25) is 0 Å². The van der Waals surface area contributed by atoms with E-state index in [9.17, 15) is 4.79 Å². The van der Waals surface area contributed by atoms with Crippen LogP contribution in [-0.2, 0) is 4.79 Å². The van der Waals surface area contributed by atoms with Crippen molar-refractivity contribution in [2.75, 3.05) is 5.32 Å². The molecule has 1 aromatic rings. The van der Waals surface area contributed by atoms with E-state index in [0.717, 1.165) is 28.3 Å². The minimum atomic E-state index is -0.0341. The number of nitrogens with one attached hydrogen (secondary N) is 1. The summed E-state index contributed by atoms with van der Waals surface area (Å²) in [5.74, 6) is -0.0341. The number of carbonyl (C=O) groups excluding carboxylic acids is 1. The van der Waals surface area contributed by atoms with Gasteiger partial charge < -0.3 is 5.32 Å². The normalized spacial score (nSPS) is 17.1. The molecule has 16 heavy (non-hydrogen) atoms. The summed E-state index contributed by atoms with van der Waals surface area (Å²) in [6.45, 7) is 2.09. The molecule has 1 aromatic carbocycles. The number of hydrogen-bond donors (Lipinski definition) is 1. The van der Waals surface area contributed by atoms with Crippen LogP contribution in [-0.4, -0.2) is 5.91 Å². The topological polar surface area (TPSA) is 29.1 Å². The fourth-order valence-corrected chi connectivity index (χ4v) is 2.56. The van der Waals surface area contributed by atoms with E-state index in [2.05, 4.69) is 12.2 Å². The van der Waals surface area contributed by atoms with Crippen LogP contribution in [0.3, 0.4) is 0 Å². The van der Waals surface area contributed by atoms with Crippen molar-refractivity contribution in [2.24, 2.45) is 0 Å². The predicted molar refractivity (Wildman–Crippen MR) is 68.9 cm³/mol. The van der Waals surface area contributed by atoms with Crippen molar-refractivity contribution in [1.29, 1.82) is 0 Å². The summed E-state index contributed by atoms with van der Waals surface area (Å²) in [5.41, 5.74) is 0.802. The maximum Gasteiger partial charge on any atom is 0.262 e. The number of unbranched alkanes of at least 4 members (excludes halogenated alkanes) is 1. The SMILES string of the molecule is CCC/C=C1/Sc2ccc(Cl)cc2NC1=O. The lowest BCUT2D eigenvalue weighted by Gasteiger charge is -2.18. The maximum absolute atomic E-state index is 11.7. The van der Waals surface area contributed by atoms with Gasteiger partial charge in [-0.05, 0) is 24.6 Å². The number of amides is 1. The number of carbonyl (C=O) groups is 1. The molecule has 0 fully saturated rings. The molecule has 0 radical (unpaired) electrons. The van der Waals surface area contributed by atoms with Gasteiger partial charge in [0.1, 0.15) is 0 Å². The molecule has 0 aromatic heterocycles. The lowest BCUT2D eigenvalue weighted by atomic mass is 10.3. The Morgan fingerprint density at radius 3 is 3.06 bits per heavy atom. The highest BCUT2D eigenvalue weighted by atomic mass is 35.5. The van der Waals surface area contributed by atoms with Crippen LogP contribution in [0.15, 0.2) is 34.1 Å². The zero-order valence-electron chi connectivity index (χ0n) is 8.92. The molecule has 0 bridgehead atoms. The zero-order chi connectivity index (χ0) is 11.5. The van der Waals surface area contributed by atoms with Crippen molar-refractivity contribution >= 4 is 35.0 Å². The summed E-state index contributed by atoms with van der Waals surface area (Å²) in [6.07, 6.45) is 3.96. The molecule has 1 N–H and O–H groups in total. The maximum atomic E-state index is 11.7. The molecule has 0 spiro atoms. The summed E-state index contributed by atoms with van der Waals surface area (Å²) in [7, 11) is 0. The van der Waals surface area contributed by atoms with Crippen molar-refractivity contribution in [3.8, 4) is 0 Å². The summed E-state index contributed by atoms with van der Waals surface area (Å²) in [5, 5.41) is 3.49. The number of anilines is 1. The molecule has 0 saturated carbocycles. The standard InChI is InChI=1S/C12H12ClNOS/c1-2-3-4-11-12(15)14-9-7-8(13)5-6-10(9)16-11/h4-7H,2-3H2,1H3,(H,14,15)/b11-4+. The Labute approximate surface area is 104 Å². The Kier molecular flexibility index (Phi) is 3.56. The highest BCUT2D eigenvalue weighted by molar-refractivity contribution is 8.04. The summed E-state index contributed by atoms with van der Waals surface area (Å²) in [6, 6.07) is 5.54. The van der Waals surface area contributed by atoms with Gasteiger partial charge in [-0.1, -0.05) is 42.8 Å². The van der Waals surface area contributed by atoms with Crippen LogP contribution in [0.1, 0.15) is 19.8 Å². The van der Waals surface area contributed by atoms with Gasteiger partial charge >= 0.3 is 0 Å². The third-order valence-corrected chi connectivity index (χ3v) is 3.63. The van der Waals surface area contributed by atoms with Gasteiger partial charge in [-0.15, -0.1) is 0 Å². The van der Waals surface area contributed by atoms with Crippen LogP contribution in [0.2, 0.25) is 5.02 Å². The van der Waals surface area contributed by atoms with Gasteiger partial charge in [-0.3, -0.25) is 4.79 Å². The molecular formula is C12H12ClNOS. The Balaban J connectivity index is 2.28. The molecule has 1 amide bonds. The molecule has 0 atom stereocenters. The van der Waals surface area contributed by atoms with E-state index in [-0.39, 0.29) is 5.91 Å². The first kappa shape index (κ1) is 11.6. The zero-order valence-corrected chi connectivity index (χ0v) is 10.5. The van der Waals surface area contributed by atoms with E-state index in [1.54, 1.807) is 6.07 Å². The van der Waals surface area contributed by atoms with Crippen LogP contribution in [0.25, 0.3) is 0 Å². The molecule has 2 rings (SSSR count). The molecule has 0 unspecified atom stereocenters. The third-order valence-electron chi connectivity index (χ3n) is 2.25. The van der Waals surface area contributed by atoms with Crippen LogP contribution >= 0.6 is 23.4 Å². The van der Waals surface area contributed by atoms with Crippen molar-refractivity contribution < 1.29 is 4.79 Å². The Morgan fingerprint density at radius 2 is 2.31 bits per heavy atom. The second-order valence-electron chi connectivity index (χ2n) is 3.55. The quantitative estimate of drug-likeness (QED) is 0.805. The summed E-state index contributed by atoms with van der Waals surface area (Å²) >= 11 is 7.37. The van der Waals surface area contributed by atoms with E-state index in [1.165, 1.54) is 11.8 Å². The van der Waals surface area contributed by atoms with Crippen LogP contribution in [0.4, 0.5) is 5.69 Å². The first-order chi connectivity index (χ1) is 7.70. The number of thioether (sulfide) groups is 1. The highest BCUT2D eigenvalue weighted by Gasteiger charge is 2.20. The minimum absolute atomic E-state index is 0.0341. The number of allylic oxidation sites excluding steroid dienone is 1. The average molecular weight is 254 g/mol. The van der Waals surface area contributed by atoms with E-state index in [4.69, 9.17) is 11.6 Å². The molecule has 1 aliphatic rings. The van der Waals surface area contributed by atoms with Crippen LogP contribution < -0.4 is 5.32 Å². The molecule has 1 aliphatic heterocycles. The fraction of sp³-hybridized carbons (Fsp3) is 0.250. The Morgan fingerprint density at radius 1 is 1.50 bits per heavy atom. The molecule has 84 valence electrons. The molecule has 0 saturated heterocycles. The molecular weight excluding hydrogens is 242 g/mol. The second kappa shape index (κ2) is 4.93. The monoisotopic (exact) mass is 253 g/mol. The molecule has 1 heterocycles. The van der Waals surface area contributed by atoms with E-state index >= 15 is 0 Å². The molecule has 2 nitrogen and oxygen atoms in total. The van der Waals surface area contributed by atoms with E-state index in [1.807, 2.05) is 18.2 Å². The van der Waals surface area contributed by atoms with Crippen LogP contribution in [0.5, 0.6) is 0 Å². The Hall–Kier alpha value is -0.930. The summed E-state index contributed by atoms with van der Waals surface area (Å²) < 4.78 is 0. The van der Waals surface area contributed by atoms with Crippen molar-refractivity contribution in [2.45, 2.75) is 24.7 Å². The smallest absolute Gasteiger partial charge is 0.262 e. The van der Waals surface area contributed by atoms with Gasteiger partial charge in [-0.25, -0.2) is 0 Å². The summed E-state index contributed by atoms with van der Waals surface area (Å²) in [4.78, 5) is 13.6. The molecule has 0 aliphatic carbocycles. The number of halogens is 1. The van der Waals surface area contributed by atoms with E-state index < -0.39 is 0 Å². The van der Waals surface area contributed by atoms with Gasteiger partial charge in [0.25, 0.3) is 5.91 Å². The average Bonchev–Trinajstić information content (AvgIpc) is 2.26. The van der Waals surface area contributed by atoms with Crippen molar-refractivity contribution in [1.82, 2.24) is 0 Å². The number of rotatable bonds is 2. The van der Waals surface area contributed by atoms with Crippen LogP contribution in [0, 0.1) is 0 Å². The first-order valence-corrected chi connectivity index (χ1v) is 6.39. The fourth-order valence-electron chi connectivity index (χ4n) is 1.45. The Bertz CT molecular complexity index is 456. The number of fused-ring (bicyclic) bond motifs is 1. The lowest BCUT2D eigenvalue weighted by molar-refractivity contribution is -0.112. The second-order valence-corrected chi connectivity index (χ2v) is 5.07. The highest BCUT2D eigenvalue weighted by Crippen LogP contribution is 2.39. The predicted octanol–water partition coefficient (Wildman–Crippen LogP) is 4.07. The van der Waals surface area contributed by atoms with Crippen molar-refractivity contribution in [3.63, 3.8) is 0 Å². The number of hydrogen-bond acceptors (Lipinski definition) is 2. The first-order valence-electron chi connectivity index (χ1n) is 5.19. The van der Waals surface area contributed by atoms with E-state index in [0.29, 0.717) is 5.02 Å². The lowest BCUT2D eigenvalue weighted by Crippen LogP contribution is -2.17. The largest absolute Gasteiger partial charge is 0.320 e. The molecule has 4 heteroatoms. The number of benzene rings is 1. The van der Waals surface area contributed by atoms with Gasteiger partial charge in [-0.2, -0.15) is 0 Å².